The van der Waals surface area contributed by atoms with E-state index in [0.29, 0.717) is 0 Å². The Bertz CT molecular complexity index is 307. The summed E-state index contributed by atoms with van der Waals surface area (Å²) in [6, 6.07) is 8.14. The smallest absolute Gasteiger partial charge is 0.0621 e. The average Bonchev–Trinajstić information content (AvgIpc) is 2.04. The van der Waals surface area contributed by atoms with E-state index in [-0.39, 0.29) is 1.43 Å². The Morgan fingerprint density at radius 1 is 1.18 bits per heavy atom. The molecule has 0 spiro atoms. The maximum Gasteiger partial charge on any atom is 0.0621 e. The first-order chi connectivity index (χ1) is 5.36. The van der Waals surface area contributed by atoms with Gasteiger partial charge in [-0.2, -0.15) is 0 Å². The number of anilines is 2. The molecule has 58 valence electrons. The highest BCUT2D eigenvalue weighted by molar-refractivity contribution is 5.73. The maximum atomic E-state index is 3.26. The van der Waals surface area contributed by atoms with Gasteiger partial charge in [0.1, 0.15) is 0 Å². The third kappa shape index (κ3) is 1.07. The minimum atomic E-state index is 0. The first-order valence-corrected chi connectivity index (χ1v) is 3.65. The molecule has 0 saturated carbocycles. The number of para-hydroxylation sites is 2. The lowest BCUT2D eigenvalue weighted by Gasteiger charge is -2.17. The van der Waals surface area contributed by atoms with E-state index in [1.807, 2.05) is 31.3 Å². The van der Waals surface area contributed by atoms with Crippen molar-refractivity contribution in [2.45, 2.75) is 6.92 Å². The van der Waals surface area contributed by atoms with Crippen LogP contribution >= 0.6 is 0 Å². The van der Waals surface area contributed by atoms with Crippen LogP contribution in [0.2, 0.25) is 0 Å². The van der Waals surface area contributed by atoms with E-state index < -0.39 is 0 Å². The van der Waals surface area contributed by atoms with Crippen LogP contribution in [0.15, 0.2) is 36.2 Å². The van der Waals surface area contributed by atoms with E-state index in [9.17, 15) is 0 Å². The van der Waals surface area contributed by atoms with Crippen LogP contribution in [0, 0.1) is 0 Å². The number of benzene rings is 1. The number of hydrogen-bond acceptors (Lipinski definition) is 2. The van der Waals surface area contributed by atoms with Crippen molar-refractivity contribution < 1.29 is 1.43 Å². The van der Waals surface area contributed by atoms with Crippen LogP contribution in [-0.2, 0) is 0 Å². The standard InChI is InChI=1S/C9H10N2.H2/c1-7-6-10-8-4-2-3-5-9(8)11-7;/h2-6,10-11H,1H3;1H. The molecule has 2 nitrogen and oxygen atoms in total. The van der Waals surface area contributed by atoms with Crippen LogP contribution < -0.4 is 10.6 Å². The van der Waals surface area contributed by atoms with Gasteiger partial charge in [-0.1, -0.05) is 12.1 Å². The molecule has 1 heterocycles. The molecular weight excluding hydrogens is 136 g/mol. The summed E-state index contributed by atoms with van der Waals surface area (Å²) in [5.41, 5.74) is 3.43. The van der Waals surface area contributed by atoms with E-state index in [1.54, 1.807) is 0 Å². The molecule has 1 aromatic rings. The highest BCUT2D eigenvalue weighted by Crippen LogP contribution is 2.25. The largest absolute Gasteiger partial charge is 0.358 e. The lowest BCUT2D eigenvalue weighted by molar-refractivity contribution is 1.31. The molecule has 0 aromatic heterocycles. The number of nitrogens with one attached hydrogen (secondary N) is 2. The van der Waals surface area contributed by atoms with Crippen molar-refractivity contribution in [1.29, 1.82) is 0 Å². The lowest BCUT2D eigenvalue weighted by Crippen LogP contribution is -2.06. The second kappa shape index (κ2) is 2.31. The molecule has 2 N–H and O–H groups in total. The Morgan fingerprint density at radius 3 is 2.73 bits per heavy atom. The second-order valence-corrected chi connectivity index (χ2v) is 2.64. The fourth-order valence-corrected chi connectivity index (χ4v) is 1.15. The molecule has 0 saturated heterocycles. The van der Waals surface area contributed by atoms with Gasteiger partial charge >= 0.3 is 0 Å². The van der Waals surface area contributed by atoms with Gasteiger partial charge in [0.05, 0.1) is 11.4 Å². The monoisotopic (exact) mass is 148 g/mol. The van der Waals surface area contributed by atoms with Crippen LogP contribution in [0.25, 0.3) is 0 Å². The molecule has 1 aliphatic heterocycles. The predicted octanol–water partition coefficient (Wildman–Crippen LogP) is 2.63. The van der Waals surface area contributed by atoms with Gasteiger partial charge < -0.3 is 10.6 Å². The molecular formula is C9H12N2. The van der Waals surface area contributed by atoms with Crippen molar-refractivity contribution in [2.75, 3.05) is 10.6 Å². The second-order valence-electron chi connectivity index (χ2n) is 2.64. The van der Waals surface area contributed by atoms with E-state index >= 15 is 0 Å². The van der Waals surface area contributed by atoms with Crippen molar-refractivity contribution in [2.24, 2.45) is 0 Å². The molecule has 0 bridgehead atoms. The van der Waals surface area contributed by atoms with Crippen molar-refractivity contribution >= 4 is 11.4 Å². The first-order valence-electron chi connectivity index (χ1n) is 3.65. The Morgan fingerprint density at radius 2 is 1.91 bits per heavy atom. The predicted molar refractivity (Wildman–Crippen MR) is 49.6 cm³/mol. The summed E-state index contributed by atoms with van der Waals surface area (Å²) in [6.07, 6.45) is 1.96. The minimum Gasteiger partial charge on any atom is -0.358 e. The summed E-state index contributed by atoms with van der Waals surface area (Å²) in [7, 11) is 0. The van der Waals surface area contributed by atoms with E-state index in [1.165, 1.54) is 0 Å². The Hall–Kier alpha value is -1.44. The molecule has 0 radical (unpaired) electrons. The number of allylic oxidation sites excluding steroid dienone is 1. The maximum absolute atomic E-state index is 3.26. The Balaban J connectivity index is 0.000000720. The SMILES string of the molecule is CC1=CNc2ccccc2N1.[HH]. The summed E-state index contributed by atoms with van der Waals surface area (Å²) >= 11 is 0. The third-order valence-corrected chi connectivity index (χ3v) is 1.70. The summed E-state index contributed by atoms with van der Waals surface area (Å²) in [5, 5.41) is 6.45. The van der Waals surface area contributed by atoms with Crippen LogP contribution in [0.5, 0.6) is 0 Å². The molecule has 0 atom stereocenters. The first kappa shape index (κ1) is 6.28. The summed E-state index contributed by atoms with van der Waals surface area (Å²) in [4.78, 5) is 0. The Kier molecular flexibility index (Phi) is 1.32. The van der Waals surface area contributed by atoms with Crippen molar-refractivity contribution in [3.05, 3.63) is 36.2 Å². The van der Waals surface area contributed by atoms with Gasteiger partial charge in [-0.05, 0) is 19.1 Å². The number of fused-ring (bicyclic) bond motifs is 1. The lowest BCUT2D eigenvalue weighted by atomic mass is 10.2. The zero-order valence-corrected chi connectivity index (χ0v) is 6.39. The molecule has 0 unspecified atom stereocenters. The number of hydrogen-bond donors (Lipinski definition) is 2. The van der Waals surface area contributed by atoms with E-state index in [0.717, 1.165) is 17.1 Å². The minimum absolute atomic E-state index is 0. The van der Waals surface area contributed by atoms with Gasteiger partial charge in [-0.15, -0.1) is 0 Å². The third-order valence-electron chi connectivity index (χ3n) is 1.70. The van der Waals surface area contributed by atoms with E-state index in [2.05, 4.69) is 16.7 Å². The molecule has 2 rings (SSSR count). The van der Waals surface area contributed by atoms with Crippen molar-refractivity contribution in [3.8, 4) is 0 Å². The molecule has 2 heteroatoms. The van der Waals surface area contributed by atoms with Crippen LogP contribution in [0.1, 0.15) is 8.35 Å². The molecule has 0 amide bonds. The Labute approximate surface area is 67.4 Å². The van der Waals surface area contributed by atoms with Crippen LogP contribution in [-0.4, -0.2) is 0 Å². The average molecular weight is 148 g/mol. The van der Waals surface area contributed by atoms with Gasteiger partial charge in [-0.25, -0.2) is 0 Å². The summed E-state index contributed by atoms with van der Waals surface area (Å²) in [5.74, 6) is 0. The van der Waals surface area contributed by atoms with Gasteiger partial charge in [0.25, 0.3) is 0 Å². The zero-order valence-electron chi connectivity index (χ0n) is 6.39. The van der Waals surface area contributed by atoms with Gasteiger partial charge in [0, 0.05) is 13.3 Å². The highest BCUT2D eigenvalue weighted by atomic mass is 15.0. The molecule has 0 fully saturated rings. The fraction of sp³-hybridized carbons (Fsp3) is 0.111. The zero-order chi connectivity index (χ0) is 7.68. The summed E-state index contributed by atoms with van der Waals surface area (Å²) in [6.45, 7) is 2.03. The highest BCUT2D eigenvalue weighted by Gasteiger charge is 2.03. The summed E-state index contributed by atoms with van der Waals surface area (Å²) < 4.78 is 0. The van der Waals surface area contributed by atoms with Crippen molar-refractivity contribution in [3.63, 3.8) is 0 Å². The van der Waals surface area contributed by atoms with E-state index in [4.69, 9.17) is 0 Å². The fourth-order valence-electron chi connectivity index (χ4n) is 1.15. The normalized spacial score (nSPS) is 14.1. The van der Waals surface area contributed by atoms with Gasteiger partial charge in [0.2, 0.25) is 0 Å². The molecule has 11 heavy (non-hydrogen) atoms. The van der Waals surface area contributed by atoms with Gasteiger partial charge in [0.15, 0.2) is 0 Å². The van der Waals surface area contributed by atoms with Crippen LogP contribution in [0.4, 0.5) is 11.4 Å². The quantitative estimate of drug-likeness (QED) is 0.591. The molecule has 0 aliphatic carbocycles. The number of rotatable bonds is 0. The topological polar surface area (TPSA) is 24.1 Å². The molecule has 1 aliphatic rings. The molecule has 1 aromatic carbocycles. The van der Waals surface area contributed by atoms with Crippen molar-refractivity contribution in [1.82, 2.24) is 0 Å². The van der Waals surface area contributed by atoms with Gasteiger partial charge in [-0.3, -0.25) is 0 Å². The van der Waals surface area contributed by atoms with Crippen LogP contribution in [0.3, 0.4) is 0 Å².